The highest BCUT2D eigenvalue weighted by Crippen LogP contribution is 2.03. The molecule has 0 aliphatic rings. The molecule has 80 valence electrons. The van der Waals surface area contributed by atoms with Crippen molar-refractivity contribution in [1.29, 1.82) is 0 Å². The van der Waals surface area contributed by atoms with Gasteiger partial charge in [-0.05, 0) is 20.3 Å². The standard InChI is InChI=1S/C11H18O3/c1-5-10(7-6-9(2)3)14-8-11(12)13-4/h5-6,10H,1,7-8H2,2-4H3. The maximum Gasteiger partial charge on any atom is 0.331 e. The fourth-order valence-corrected chi connectivity index (χ4v) is 0.818. The molecule has 14 heavy (non-hydrogen) atoms. The third kappa shape index (κ3) is 6.43. The molecule has 0 amide bonds. The van der Waals surface area contributed by atoms with E-state index in [1.165, 1.54) is 12.7 Å². The summed E-state index contributed by atoms with van der Waals surface area (Å²) in [4.78, 5) is 10.8. The lowest BCUT2D eigenvalue weighted by atomic mass is 10.2. The minimum Gasteiger partial charge on any atom is -0.467 e. The summed E-state index contributed by atoms with van der Waals surface area (Å²) in [5.41, 5.74) is 1.22. The van der Waals surface area contributed by atoms with Crippen molar-refractivity contribution in [2.45, 2.75) is 26.4 Å². The first-order chi connectivity index (χ1) is 6.60. The molecule has 1 atom stereocenters. The Hall–Kier alpha value is -1.09. The number of carbonyl (C=O) groups is 1. The molecule has 0 saturated heterocycles. The van der Waals surface area contributed by atoms with Crippen molar-refractivity contribution in [2.24, 2.45) is 0 Å². The van der Waals surface area contributed by atoms with Gasteiger partial charge in [0.1, 0.15) is 6.61 Å². The van der Waals surface area contributed by atoms with E-state index in [1.807, 2.05) is 19.9 Å². The summed E-state index contributed by atoms with van der Waals surface area (Å²) >= 11 is 0. The Morgan fingerprint density at radius 2 is 2.14 bits per heavy atom. The molecule has 3 heteroatoms. The second kappa shape index (κ2) is 7.33. The van der Waals surface area contributed by atoms with Crippen LogP contribution in [0.5, 0.6) is 0 Å². The molecule has 3 nitrogen and oxygen atoms in total. The highest BCUT2D eigenvalue weighted by molar-refractivity contribution is 5.70. The molecular weight excluding hydrogens is 180 g/mol. The largest absolute Gasteiger partial charge is 0.467 e. The van der Waals surface area contributed by atoms with Crippen LogP contribution in [0.3, 0.4) is 0 Å². The molecule has 0 heterocycles. The van der Waals surface area contributed by atoms with Gasteiger partial charge in [-0.15, -0.1) is 6.58 Å². The van der Waals surface area contributed by atoms with Crippen LogP contribution in [0.2, 0.25) is 0 Å². The lowest BCUT2D eigenvalue weighted by Crippen LogP contribution is -2.17. The fraction of sp³-hybridized carbons (Fsp3) is 0.545. The zero-order chi connectivity index (χ0) is 11.0. The number of esters is 1. The quantitative estimate of drug-likeness (QED) is 0.484. The van der Waals surface area contributed by atoms with Gasteiger partial charge in [-0.1, -0.05) is 17.7 Å². The van der Waals surface area contributed by atoms with Crippen molar-refractivity contribution in [1.82, 2.24) is 0 Å². The second-order valence-electron chi connectivity index (χ2n) is 3.18. The number of methoxy groups -OCH3 is 1. The molecule has 0 saturated carbocycles. The Bertz CT molecular complexity index is 215. The maximum atomic E-state index is 10.8. The van der Waals surface area contributed by atoms with E-state index in [2.05, 4.69) is 11.3 Å². The number of rotatable bonds is 6. The predicted molar refractivity (Wildman–Crippen MR) is 56.0 cm³/mol. The SMILES string of the molecule is C=CC(CC=C(C)C)OCC(=O)OC. The number of carbonyl (C=O) groups excluding carboxylic acids is 1. The van der Waals surface area contributed by atoms with Crippen molar-refractivity contribution in [3.05, 3.63) is 24.3 Å². The first-order valence-electron chi connectivity index (χ1n) is 4.54. The normalized spacial score (nSPS) is 11.6. The lowest BCUT2D eigenvalue weighted by molar-refractivity contribution is -0.147. The predicted octanol–water partition coefficient (Wildman–Crippen LogP) is 2.09. The molecular formula is C11H18O3. The lowest BCUT2D eigenvalue weighted by Gasteiger charge is -2.10. The minimum atomic E-state index is -0.367. The Morgan fingerprint density at radius 3 is 2.57 bits per heavy atom. The van der Waals surface area contributed by atoms with Crippen molar-refractivity contribution in [2.75, 3.05) is 13.7 Å². The number of hydrogen-bond donors (Lipinski definition) is 0. The fourth-order valence-electron chi connectivity index (χ4n) is 0.818. The van der Waals surface area contributed by atoms with E-state index >= 15 is 0 Å². The van der Waals surface area contributed by atoms with Crippen LogP contribution in [0.15, 0.2) is 24.3 Å². The van der Waals surface area contributed by atoms with Gasteiger partial charge >= 0.3 is 5.97 Å². The van der Waals surface area contributed by atoms with Crippen LogP contribution in [0.25, 0.3) is 0 Å². The third-order valence-electron chi connectivity index (χ3n) is 1.66. The highest BCUT2D eigenvalue weighted by Gasteiger charge is 2.06. The van der Waals surface area contributed by atoms with E-state index < -0.39 is 0 Å². The smallest absolute Gasteiger partial charge is 0.331 e. The Labute approximate surface area is 85.4 Å². The second-order valence-corrected chi connectivity index (χ2v) is 3.18. The molecule has 0 rings (SSSR count). The van der Waals surface area contributed by atoms with Gasteiger partial charge in [0.05, 0.1) is 13.2 Å². The van der Waals surface area contributed by atoms with Gasteiger partial charge in [0.25, 0.3) is 0 Å². The topological polar surface area (TPSA) is 35.5 Å². The van der Waals surface area contributed by atoms with Gasteiger partial charge in [0, 0.05) is 0 Å². The van der Waals surface area contributed by atoms with E-state index in [9.17, 15) is 4.79 Å². The van der Waals surface area contributed by atoms with Crippen LogP contribution >= 0.6 is 0 Å². The monoisotopic (exact) mass is 198 g/mol. The van der Waals surface area contributed by atoms with E-state index in [1.54, 1.807) is 6.08 Å². The molecule has 1 unspecified atom stereocenters. The zero-order valence-electron chi connectivity index (χ0n) is 9.08. The first-order valence-corrected chi connectivity index (χ1v) is 4.54. The molecule has 0 aromatic rings. The van der Waals surface area contributed by atoms with Crippen LogP contribution < -0.4 is 0 Å². The van der Waals surface area contributed by atoms with E-state index in [4.69, 9.17) is 4.74 Å². The first kappa shape index (κ1) is 12.9. The summed E-state index contributed by atoms with van der Waals surface area (Å²) in [6.45, 7) is 7.64. The van der Waals surface area contributed by atoms with E-state index in [0.29, 0.717) is 0 Å². The molecule has 0 N–H and O–H groups in total. The summed E-state index contributed by atoms with van der Waals surface area (Å²) in [7, 11) is 1.34. The van der Waals surface area contributed by atoms with Crippen LogP contribution in [0, 0.1) is 0 Å². The molecule has 0 aromatic carbocycles. The van der Waals surface area contributed by atoms with Crippen LogP contribution in [0.4, 0.5) is 0 Å². The van der Waals surface area contributed by atoms with E-state index in [-0.39, 0.29) is 18.7 Å². The van der Waals surface area contributed by atoms with Crippen molar-refractivity contribution in [3.8, 4) is 0 Å². The van der Waals surface area contributed by atoms with Gasteiger partial charge in [0.2, 0.25) is 0 Å². The molecule has 0 bridgehead atoms. The van der Waals surface area contributed by atoms with E-state index in [0.717, 1.165) is 6.42 Å². The number of allylic oxidation sites excluding steroid dienone is 1. The van der Waals surface area contributed by atoms with Crippen molar-refractivity contribution in [3.63, 3.8) is 0 Å². The van der Waals surface area contributed by atoms with Crippen LogP contribution in [-0.4, -0.2) is 25.8 Å². The molecule has 0 aliphatic heterocycles. The molecule has 0 radical (unpaired) electrons. The summed E-state index contributed by atoms with van der Waals surface area (Å²) in [5, 5.41) is 0. The van der Waals surface area contributed by atoms with Gasteiger partial charge in [-0.25, -0.2) is 4.79 Å². The van der Waals surface area contributed by atoms with Crippen LogP contribution in [-0.2, 0) is 14.3 Å². The van der Waals surface area contributed by atoms with Crippen molar-refractivity contribution >= 4 is 5.97 Å². The summed E-state index contributed by atoms with van der Waals surface area (Å²) in [6, 6.07) is 0. The summed E-state index contributed by atoms with van der Waals surface area (Å²) in [6.07, 6.45) is 4.35. The van der Waals surface area contributed by atoms with Gasteiger partial charge in [0.15, 0.2) is 0 Å². The molecule has 0 spiro atoms. The summed E-state index contributed by atoms with van der Waals surface area (Å²) in [5.74, 6) is -0.367. The Morgan fingerprint density at radius 1 is 1.50 bits per heavy atom. The molecule has 0 fully saturated rings. The van der Waals surface area contributed by atoms with Gasteiger partial charge in [-0.2, -0.15) is 0 Å². The average Bonchev–Trinajstić information content (AvgIpc) is 2.17. The molecule has 0 aliphatic carbocycles. The Kier molecular flexibility index (Phi) is 6.76. The summed E-state index contributed by atoms with van der Waals surface area (Å²) < 4.78 is 9.71. The van der Waals surface area contributed by atoms with Crippen LogP contribution in [0.1, 0.15) is 20.3 Å². The maximum absolute atomic E-state index is 10.8. The van der Waals surface area contributed by atoms with Crippen molar-refractivity contribution < 1.29 is 14.3 Å². The number of hydrogen-bond acceptors (Lipinski definition) is 3. The average molecular weight is 198 g/mol. The van der Waals surface area contributed by atoms with Gasteiger partial charge < -0.3 is 9.47 Å². The zero-order valence-corrected chi connectivity index (χ0v) is 9.08. The number of ether oxygens (including phenoxy) is 2. The Balaban J connectivity index is 3.85. The minimum absolute atomic E-state index is 0.0240. The molecule has 0 aromatic heterocycles. The third-order valence-corrected chi connectivity index (χ3v) is 1.66. The van der Waals surface area contributed by atoms with Gasteiger partial charge in [-0.3, -0.25) is 0 Å². The highest BCUT2D eigenvalue weighted by atomic mass is 16.6.